The maximum atomic E-state index is 11.9. The highest BCUT2D eigenvalue weighted by Gasteiger charge is 2.27. The molecular formula is C16H23N5O. The molecule has 0 spiro atoms. The van der Waals surface area contributed by atoms with Crippen molar-refractivity contribution in [1.82, 2.24) is 15.2 Å². The molecule has 118 valence electrons. The Labute approximate surface area is 131 Å². The molecule has 0 saturated carbocycles. The average Bonchev–Trinajstić information content (AvgIpc) is 2.99. The van der Waals surface area contributed by atoms with Gasteiger partial charge in [-0.3, -0.25) is 9.79 Å². The number of amidine groups is 1. The highest BCUT2D eigenvalue weighted by Crippen LogP contribution is 2.20. The van der Waals surface area contributed by atoms with Crippen LogP contribution in [0.4, 0.5) is 5.82 Å². The zero-order chi connectivity index (χ0) is 16.1. The van der Waals surface area contributed by atoms with Crippen LogP contribution in [0.2, 0.25) is 0 Å². The summed E-state index contributed by atoms with van der Waals surface area (Å²) < 4.78 is 0. The normalized spacial score (nSPS) is 22.3. The molecule has 1 amide bonds. The lowest BCUT2D eigenvalue weighted by Gasteiger charge is -2.36. The van der Waals surface area contributed by atoms with Gasteiger partial charge in [0.2, 0.25) is 5.91 Å². The molecule has 2 N–H and O–H groups in total. The summed E-state index contributed by atoms with van der Waals surface area (Å²) in [5.41, 5.74) is 0.886. The third-order valence-corrected chi connectivity index (χ3v) is 3.85. The molecule has 1 aliphatic heterocycles. The number of aromatic nitrogens is 1. The minimum absolute atomic E-state index is 0.0246. The van der Waals surface area contributed by atoms with Gasteiger partial charge in [-0.1, -0.05) is 13.5 Å². The molecule has 1 aromatic heterocycles. The van der Waals surface area contributed by atoms with Crippen molar-refractivity contribution < 1.29 is 4.79 Å². The van der Waals surface area contributed by atoms with Crippen LogP contribution in [0.1, 0.15) is 18.9 Å². The van der Waals surface area contributed by atoms with Crippen LogP contribution in [-0.2, 0) is 4.79 Å². The SMILES string of the molecule is C=CC(=O)N1C[C@H](C)C[C@@H](N/C(=N/C)c2cc[nH]c2N=C)C1. The zero-order valence-corrected chi connectivity index (χ0v) is 13.2. The van der Waals surface area contributed by atoms with Gasteiger partial charge < -0.3 is 15.2 Å². The molecule has 0 radical (unpaired) electrons. The Kier molecular flexibility index (Phi) is 5.14. The van der Waals surface area contributed by atoms with Crippen LogP contribution in [0.15, 0.2) is 34.9 Å². The summed E-state index contributed by atoms with van der Waals surface area (Å²) in [5, 5.41) is 3.44. The smallest absolute Gasteiger partial charge is 0.246 e. The van der Waals surface area contributed by atoms with E-state index in [9.17, 15) is 4.79 Å². The Morgan fingerprint density at radius 3 is 2.95 bits per heavy atom. The van der Waals surface area contributed by atoms with E-state index in [4.69, 9.17) is 0 Å². The van der Waals surface area contributed by atoms with E-state index in [0.717, 1.165) is 24.4 Å². The van der Waals surface area contributed by atoms with Crippen LogP contribution in [0.25, 0.3) is 0 Å². The summed E-state index contributed by atoms with van der Waals surface area (Å²) in [7, 11) is 1.74. The molecule has 22 heavy (non-hydrogen) atoms. The lowest BCUT2D eigenvalue weighted by atomic mass is 9.95. The molecule has 0 aliphatic carbocycles. The Morgan fingerprint density at radius 1 is 1.55 bits per heavy atom. The summed E-state index contributed by atoms with van der Waals surface area (Å²) in [5.74, 6) is 1.85. The number of amides is 1. The lowest BCUT2D eigenvalue weighted by Crippen LogP contribution is -2.51. The van der Waals surface area contributed by atoms with Gasteiger partial charge in [-0.15, -0.1) is 0 Å². The van der Waals surface area contributed by atoms with E-state index in [-0.39, 0.29) is 11.9 Å². The molecule has 1 aliphatic rings. The number of likely N-dealkylation sites (tertiary alicyclic amines) is 1. The molecule has 2 heterocycles. The number of hydrogen-bond acceptors (Lipinski definition) is 3. The zero-order valence-electron chi connectivity index (χ0n) is 13.2. The van der Waals surface area contributed by atoms with E-state index in [1.165, 1.54) is 6.08 Å². The average molecular weight is 301 g/mol. The van der Waals surface area contributed by atoms with Gasteiger partial charge in [0.25, 0.3) is 0 Å². The van der Waals surface area contributed by atoms with Gasteiger partial charge in [0.1, 0.15) is 11.7 Å². The fourth-order valence-electron chi connectivity index (χ4n) is 2.90. The first kappa shape index (κ1) is 16.0. The first-order valence-electron chi connectivity index (χ1n) is 7.38. The minimum atomic E-state index is -0.0246. The molecule has 1 fully saturated rings. The van der Waals surface area contributed by atoms with E-state index in [2.05, 4.69) is 40.5 Å². The van der Waals surface area contributed by atoms with E-state index >= 15 is 0 Å². The van der Waals surface area contributed by atoms with Crippen molar-refractivity contribution >= 4 is 24.3 Å². The third-order valence-electron chi connectivity index (χ3n) is 3.85. The summed E-state index contributed by atoms with van der Waals surface area (Å²) >= 11 is 0. The van der Waals surface area contributed by atoms with Crippen LogP contribution in [-0.4, -0.2) is 54.5 Å². The molecule has 2 rings (SSSR count). The topological polar surface area (TPSA) is 72.8 Å². The third kappa shape index (κ3) is 3.44. The summed E-state index contributed by atoms with van der Waals surface area (Å²) in [6.45, 7) is 10.7. The fraction of sp³-hybridized carbons (Fsp3) is 0.438. The fourth-order valence-corrected chi connectivity index (χ4v) is 2.90. The van der Waals surface area contributed by atoms with Crippen LogP contribution < -0.4 is 5.32 Å². The number of carbonyl (C=O) groups is 1. The molecule has 6 nitrogen and oxygen atoms in total. The highest BCUT2D eigenvalue weighted by molar-refractivity contribution is 6.02. The number of nitrogens with one attached hydrogen (secondary N) is 2. The predicted molar refractivity (Wildman–Crippen MR) is 89.9 cm³/mol. The molecule has 1 aromatic rings. The monoisotopic (exact) mass is 301 g/mol. The van der Waals surface area contributed by atoms with Crippen molar-refractivity contribution in [2.24, 2.45) is 15.9 Å². The van der Waals surface area contributed by atoms with Crippen LogP contribution in [0.5, 0.6) is 0 Å². The van der Waals surface area contributed by atoms with Crippen molar-refractivity contribution in [2.45, 2.75) is 19.4 Å². The van der Waals surface area contributed by atoms with E-state index in [1.54, 1.807) is 7.05 Å². The minimum Gasteiger partial charge on any atom is -0.365 e. The standard InChI is InChI=1S/C16H23N5O/c1-5-14(22)21-9-11(2)8-12(10-21)20-16(18-4)13-6-7-19-15(13)17-3/h5-7,11-12,19H,1,3,8-10H2,2,4H3,(H,18,20)/t11-,12-/m1/s1. The first-order chi connectivity index (χ1) is 10.6. The van der Waals surface area contributed by atoms with Gasteiger partial charge in [-0.25, -0.2) is 4.99 Å². The van der Waals surface area contributed by atoms with E-state index < -0.39 is 0 Å². The van der Waals surface area contributed by atoms with Crippen molar-refractivity contribution in [3.05, 3.63) is 30.5 Å². The van der Waals surface area contributed by atoms with Crippen molar-refractivity contribution in [2.75, 3.05) is 20.1 Å². The number of aliphatic imine (C=N–C) groups is 2. The number of hydrogen-bond donors (Lipinski definition) is 2. The lowest BCUT2D eigenvalue weighted by molar-refractivity contribution is -0.128. The highest BCUT2D eigenvalue weighted by atomic mass is 16.2. The van der Waals surface area contributed by atoms with Crippen LogP contribution in [0.3, 0.4) is 0 Å². The van der Waals surface area contributed by atoms with Gasteiger partial charge in [0.05, 0.1) is 5.56 Å². The molecular weight excluding hydrogens is 278 g/mol. The number of carbonyl (C=O) groups excluding carboxylic acids is 1. The van der Waals surface area contributed by atoms with Crippen LogP contribution in [0, 0.1) is 5.92 Å². The second-order valence-corrected chi connectivity index (χ2v) is 5.60. The maximum absolute atomic E-state index is 11.9. The van der Waals surface area contributed by atoms with E-state index in [1.807, 2.05) is 17.2 Å². The molecule has 2 atom stereocenters. The van der Waals surface area contributed by atoms with Gasteiger partial charge in [-0.2, -0.15) is 0 Å². The van der Waals surface area contributed by atoms with Gasteiger partial charge in [0.15, 0.2) is 0 Å². The van der Waals surface area contributed by atoms with Crippen molar-refractivity contribution in [3.8, 4) is 0 Å². The predicted octanol–water partition coefficient (Wildman–Crippen LogP) is 1.74. The molecule has 1 saturated heterocycles. The Bertz CT molecular complexity index is 589. The van der Waals surface area contributed by atoms with Crippen molar-refractivity contribution in [1.29, 1.82) is 0 Å². The van der Waals surface area contributed by atoms with Gasteiger partial charge in [-0.05, 0) is 31.2 Å². The second-order valence-electron chi connectivity index (χ2n) is 5.60. The summed E-state index contributed by atoms with van der Waals surface area (Å²) in [6.07, 6.45) is 4.17. The Morgan fingerprint density at radius 2 is 2.32 bits per heavy atom. The molecule has 6 heteroatoms. The molecule has 0 aromatic carbocycles. The molecule has 0 unspecified atom stereocenters. The van der Waals surface area contributed by atoms with Gasteiger partial charge >= 0.3 is 0 Å². The largest absolute Gasteiger partial charge is 0.365 e. The first-order valence-corrected chi connectivity index (χ1v) is 7.38. The number of rotatable bonds is 4. The Balaban J connectivity index is 2.12. The number of piperidine rings is 1. The quantitative estimate of drug-likeness (QED) is 0.505. The van der Waals surface area contributed by atoms with Crippen molar-refractivity contribution in [3.63, 3.8) is 0 Å². The summed E-state index contributed by atoms with van der Waals surface area (Å²) in [6, 6.07) is 2.07. The van der Waals surface area contributed by atoms with E-state index in [0.29, 0.717) is 18.3 Å². The second kappa shape index (κ2) is 7.06. The van der Waals surface area contributed by atoms with Crippen LogP contribution >= 0.6 is 0 Å². The number of aromatic amines is 1. The van der Waals surface area contributed by atoms with Gasteiger partial charge in [0, 0.05) is 32.4 Å². The molecule has 0 bridgehead atoms. The summed E-state index contributed by atoms with van der Waals surface area (Å²) in [4.78, 5) is 25.0. The number of H-pyrrole nitrogens is 1. The maximum Gasteiger partial charge on any atom is 0.246 e. The Hall–Kier alpha value is -2.37. The number of nitrogens with zero attached hydrogens (tertiary/aromatic N) is 3.